The second-order valence-electron chi connectivity index (χ2n) is 4.24. The topological polar surface area (TPSA) is 34.0 Å². The summed E-state index contributed by atoms with van der Waals surface area (Å²) in [7, 11) is 0. The molecule has 5 heteroatoms. The van der Waals surface area contributed by atoms with E-state index in [4.69, 9.17) is 11.6 Å². The molecule has 0 saturated carbocycles. The molecule has 0 saturated heterocycles. The number of nitrogens with one attached hydrogen (secondary N) is 1. The van der Waals surface area contributed by atoms with Gasteiger partial charge in [0.15, 0.2) is 0 Å². The van der Waals surface area contributed by atoms with Gasteiger partial charge in [-0.1, -0.05) is 17.7 Å². The summed E-state index contributed by atoms with van der Waals surface area (Å²) in [6.07, 6.45) is 1.89. The van der Waals surface area contributed by atoms with E-state index in [2.05, 4.69) is 21.2 Å². The molecule has 0 fully saturated rings. The number of carbonyl (C=O) groups is 1. The molecule has 1 heterocycles. The Morgan fingerprint density at radius 3 is 2.84 bits per heavy atom. The van der Waals surface area contributed by atoms with Crippen LogP contribution in [-0.4, -0.2) is 10.5 Å². The molecule has 1 N–H and O–H groups in total. The Labute approximate surface area is 125 Å². The third kappa shape index (κ3) is 3.19. The number of carbonyl (C=O) groups excluding carboxylic acids is 1. The maximum Gasteiger partial charge on any atom is 0.272 e. The van der Waals surface area contributed by atoms with Crippen molar-refractivity contribution in [3.8, 4) is 0 Å². The first-order valence-electron chi connectivity index (χ1n) is 5.94. The summed E-state index contributed by atoms with van der Waals surface area (Å²) in [6, 6.07) is 7.24. The summed E-state index contributed by atoms with van der Waals surface area (Å²) in [5.41, 5.74) is 2.33. The van der Waals surface area contributed by atoms with Crippen molar-refractivity contribution in [2.24, 2.45) is 0 Å². The molecular formula is C14H14BrClN2O. The van der Waals surface area contributed by atoms with Gasteiger partial charge in [-0.2, -0.15) is 0 Å². The summed E-state index contributed by atoms with van der Waals surface area (Å²) in [6.45, 7) is 4.66. The zero-order valence-corrected chi connectivity index (χ0v) is 13.0. The molecule has 0 bridgehead atoms. The fourth-order valence-electron chi connectivity index (χ4n) is 1.84. The van der Waals surface area contributed by atoms with Gasteiger partial charge in [0.2, 0.25) is 0 Å². The average Bonchev–Trinajstić information content (AvgIpc) is 2.75. The van der Waals surface area contributed by atoms with Gasteiger partial charge in [-0.15, -0.1) is 0 Å². The van der Waals surface area contributed by atoms with Gasteiger partial charge in [-0.25, -0.2) is 0 Å². The van der Waals surface area contributed by atoms with E-state index in [-0.39, 0.29) is 5.91 Å². The lowest BCUT2D eigenvalue weighted by Crippen LogP contribution is -2.16. The van der Waals surface area contributed by atoms with Crippen LogP contribution < -0.4 is 5.32 Å². The fraction of sp³-hybridized carbons (Fsp3) is 0.214. The van der Waals surface area contributed by atoms with Crippen LogP contribution in [0.3, 0.4) is 0 Å². The van der Waals surface area contributed by atoms with Gasteiger partial charge in [-0.3, -0.25) is 4.79 Å². The molecule has 2 aromatic rings. The molecular weight excluding hydrogens is 328 g/mol. The lowest BCUT2D eigenvalue weighted by Gasteiger charge is -2.10. The van der Waals surface area contributed by atoms with E-state index >= 15 is 0 Å². The highest BCUT2D eigenvalue weighted by Gasteiger charge is 2.13. The second-order valence-corrected chi connectivity index (χ2v) is 5.60. The molecule has 19 heavy (non-hydrogen) atoms. The quantitative estimate of drug-likeness (QED) is 0.877. The van der Waals surface area contributed by atoms with E-state index in [0.717, 1.165) is 22.3 Å². The number of hydrogen-bond donors (Lipinski definition) is 1. The molecule has 0 aliphatic carbocycles. The molecule has 0 aliphatic rings. The Kier molecular flexibility index (Phi) is 4.32. The maximum absolute atomic E-state index is 12.3. The summed E-state index contributed by atoms with van der Waals surface area (Å²) < 4.78 is 2.78. The lowest BCUT2D eigenvalue weighted by molar-refractivity contribution is 0.101. The summed E-state index contributed by atoms with van der Waals surface area (Å²) in [5.74, 6) is -0.141. The maximum atomic E-state index is 12.3. The van der Waals surface area contributed by atoms with Crippen LogP contribution in [-0.2, 0) is 6.54 Å². The van der Waals surface area contributed by atoms with Gasteiger partial charge in [0, 0.05) is 27.9 Å². The van der Waals surface area contributed by atoms with Crippen molar-refractivity contribution in [1.82, 2.24) is 4.57 Å². The molecule has 100 valence electrons. The predicted molar refractivity (Wildman–Crippen MR) is 81.9 cm³/mol. The van der Waals surface area contributed by atoms with Crippen molar-refractivity contribution >= 4 is 39.1 Å². The van der Waals surface area contributed by atoms with Gasteiger partial charge in [0.05, 0.1) is 0 Å². The Morgan fingerprint density at radius 1 is 1.42 bits per heavy atom. The number of anilines is 1. The number of amides is 1. The predicted octanol–water partition coefficient (Wildman–Crippen LogP) is 4.48. The largest absolute Gasteiger partial charge is 0.343 e. The van der Waals surface area contributed by atoms with Gasteiger partial charge >= 0.3 is 0 Å². The number of benzene rings is 1. The third-order valence-corrected chi connectivity index (χ3v) is 3.55. The third-order valence-electron chi connectivity index (χ3n) is 2.88. The van der Waals surface area contributed by atoms with Crippen molar-refractivity contribution in [3.63, 3.8) is 0 Å². The van der Waals surface area contributed by atoms with E-state index in [1.807, 2.05) is 30.7 Å². The first kappa shape index (κ1) is 14.2. The highest BCUT2D eigenvalue weighted by Crippen LogP contribution is 2.22. The van der Waals surface area contributed by atoms with Crippen LogP contribution in [0.2, 0.25) is 5.02 Å². The Bertz CT molecular complexity index is 622. The average molecular weight is 342 g/mol. The zero-order chi connectivity index (χ0) is 14.0. The number of aromatic nitrogens is 1. The summed E-state index contributed by atoms with van der Waals surface area (Å²) in [4.78, 5) is 12.3. The minimum absolute atomic E-state index is 0.141. The number of hydrogen-bond acceptors (Lipinski definition) is 1. The zero-order valence-electron chi connectivity index (χ0n) is 10.7. The highest BCUT2D eigenvalue weighted by molar-refractivity contribution is 9.10. The van der Waals surface area contributed by atoms with Crippen LogP contribution in [0.4, 0.5) is 5.69 Å². The van der Waals surface area contributed by atoms with Crippen LogP contribution in [0.1, 0.15) is 23.0 Å². The van der Waals surface area contributed by atoms with Crippen LogP contribution >= 0.6 is 27.5 Å². The van der Waals surface area contributed by atoms with Gasteiger partial charge in [0.25, 0.3) is 5.91 Å². The lowest BCUT2D eigenvalue weighted by atomic mass is 10.2. The SMILES string of the molecule is CCn1cc(Br)cc1C(=O)Nc1cc(Cl)ccc1C. The molecule has 1 aromatic heterocycles. The standard InChI is InChI=1S/C14H14BrClN2O/c1-3-18-8-10(15)6-13(18)14(19)17-12-7-11(16)5-4-9(12)2/h4-8H,3H2,1-2H3,(H,17,19). The minimum Gasteiger partial charge on any atom is -0.343 e. The number of rotatable bonds is 3. The van der Waals surface area contributed by atoms with Gasteiger partial charge in [0.1, 0.15) is 5.69 Å². The summed E-state index contributed by atoms with van der Waals surface area (Å²) >= 11 is 9.33. The van der Waals surface area contributed by atoms with E-state index in [0.29, 0.717) is 10.7 Å². The van der Waals surface area contributed by atoms with Crippen molar-refractivity contribution in [3.05, 3.63) is 51.2 Å². The van der Waals surface area contributed by atoms with E-state index in [9.17, 15) is 4.79 Å². The molecule has 2 rings (SSSR count). The monoisotopic (exact) mass is 340 g/mol. The van der Waals surface area contributed by atoms with Crippen molar-refractivity contribution < 1.29 is 4.79 Å². The first-order chi connectivity index (χ1) is 9.01. The normalized spacial score (nSPS) is 10.5. The fourth-order valence-corrected chi connectivity index (χ4v) is 2.48. The second kappa shape index (κ2) is 5.80. The Balaban J connectivity index is 2.27. The smallest absolute Gasteiger partial charge is 0.272 e. The van der Waals surface area contributed by atoms with E-state index in [1.54, 1.807) is 18.2 Å². The highest BCUT2D eigenvalue weighted by atomic mass is 79.9. The first-order valence-corrected chi connectivity index (χ1v) is 7.11. The van der Waals surface area contributed by atoms with E-state index < -0.39 is 0 Å². The Morgan fingerprint density at radius 2 is 2.16 bits per heavy atom. The molecule has 3 nitrogen and oxygen atoms in total. The van der Waals surface area contributed by atoms with Crippen LogP contribution in [0, 0.1) is 6.92 Å². The van der Waals surface area contributed by atoms with E-state index in [1.165, 1.54) is 0 Å². The van der Waals surface area contributed by atoms with Gasteiger partial charge in [-0.05, 0) is 53.5 Å². The molecule has 0 atom stereocenters. The summed E-state index contributed by atoms with van der Waals surface area (Å²) in [5, 5.41) is 3.49. The van der Waals surface area contributed by atoms with Gasteiger partial charge < -0.3 is 9.88 Å². The molecule has 1 amide bonds. The van der Waals surface area contributed by atoms with Crippen molar-refractivity contribution in [2.45, 2.75) is 20.4 Å². The van der Waals surface area contributed by atoms with Crippen molar-refractivity contribution in [2.75, 3.05) is 5.32 Å². The molecule has 0 aliphatic heterocycles. The minimum atomic E-state index is -0.141. The molecule has 0 unspecified atom stereocenters. The number of aryl methyl sites for hydroxylation is 2. The molecule has 0 radical (unpaired) electrons. The van der Waals surface area contributed by atoms with Crippen LogP contribution in [0.5, 0.6) is 0 Å². The number of halogens is 2. The van der Waals surface area contributed by atoms with Crippen LogP contribution in [0.15, 0.2) is 34.9 Å². The molecule has 1 aromatic carbocycles. The van der Waals surface area contributed by atoms with Crippen LogP contribution in [0.25, 0.3) is 0 Å². The Hall–Kier alpha value is -1.26. The molecule has 0 spiro atoms. The number of nitrogens with zero attached hydrogens (tertiary/aromatic N) is 1. The van der Waals surface area contributed by atoms with Crippen molar-refractivity contribution in [1.29, 1.82) is 0 Å².